The number of phenolic OH excluding ortho intramolecular Hbond substituents is 1. The van der Waals surface area contributed by atoms with Gasteiger partial charge in [0.05, 0.1) is 12.8 Å². The SMILES string of the molecule is O=C(CNC(=O)c1ccc2c(c1)OCCO2)N/N=C/c1cccc(O)c1. The second-order valence-corrected chi connectivity index (χ2v) is 5.43. The summed E-state index contributed by atoms with van der Waals surface area (Å²) in [5.74, 6) is 0.309. The zero-order chi connectivity index (χ0) is 18.4. The van der Waals surface area contributed by atoms with Crippen molar-refractivity contribution in [2.24, 2.45) is 5.10 Å². The number of hydrogen-bond donors (Lipinski definition) is 3. The predicted octanol–water partition coefficient (Wildman–Crippen LogP) is 1.04. The van der Waals surface area contributed by atoms with E-state index in [0.717, 1.165) is 0 Å². The van der Waals surface area contributed by atoms with Crippen molar-refractivity contribution < 1.29 is 24.2 Å². The molecule has 2 aromatic rings. The lowest BCUT2D eigenvalue weighted by Crippen LogP contribution is -2.35. The quantitative estimate of drug-likeness (QED) is 0.548. The Bertz CT molecular complexity index is 850. The van der Waals surface area contributed by atoms with E-state index < -0.39 is 11.8 Å². The van der Waals surface area contributed by atoms with Crippen LogP contribution in [0, 0.1) is 0 Å². The summed E-state index contributed by atoms with van der Waals surface area (Å²) >= 11 is 0. The zero-order valence-corrected chi connectivity index (χ0v) is 13.8. The number of nitrogens with one attached hydrogen (secondary N) is 2. The molecule has 0 atom stereocenters. The molecule has 0 spiro atoms. The second kappa shape index (κ2) is 8.02. The number of amides is 2. The molecule has 26 heavy (non-hydrogen) atoms. The Kier molecular flexibility index (Phi) is 5.33. The maximum absolute atomic E-state index is 12.1. The molecule has 3 N–H and O–H groups in total. The number of rotatable bonds is 5. The van der Waals surface area contributed by atoms with Crippen molar-refractivity contribution >= 4 is 18.0 Å². The van der Waals surface area contributed by atoms with Crippen LogP contribution >= 0.6 is 0 Å². The van der Waals surface area contributed by atoms with Crippen molar-refractivity contribution in [2.75, 3.05) is 19.8 Å². The van der Waals surface area contributed by atoms with Gasteiger partial charge in [0, 0.05) is 5.56 Å². The predicted molar refractivity (Wildman–Crippen MR) is 93.6 cm³/mol. The number of hydrogen-bond acceptors (Lipinski definition) is 6. The van der Waals surface area contributed by atoms with E-state index in [9.17, 15) is 14.7 Å². The Labute approximate surface area is 149 Å². The standard InChI is InChI=1S/C18H17N3O5/c22-14-3-1-2-12(8-14)10-20-21-17(23)11-19-18(24)13-4-5-15-16(9-13)26-7-6-25-15/h1-5,8-10,22H,6-7,11H2,(H,19,24)(H,21,23)/b20-10+. The van der Waals surface area contributed by atoms with Crippen molar-refractivity contribution in [1.29, 1.82) is 0 Å². The lowest BCUT2D eigenvalue weighted by Gasteiger charge is -2.18. The maximum atomic E-state index is 12.1. The van der Waals surface area contributed by atoms with Gasteiger partial charge < -0.3 is 19.9 Å². The van der Waals surface area contributed by atoms with Gasteiger partial charge in [-0.25, -0.2) is 5.43 Å². The first-order valence-corrected chi connectivity index (χ1v) is 7.90. The molecule has 0 aliphatic carbocycles. The van der Waals surface area contributed by atoms with E-state index in [-0.39, 0.29) is 12.3 Å². The van der Waals surface area contributed by atoms with Gasteiger partial charge in [0.2, 0.25) is 0 Å². The monoisotopic (exact) mass is 355 g/mol. The topological polar surface area (TPSA) is 109 Å². The second-order valence-electron chi connectivity index (χ2n) is 5.43. The lowest BCUT2D eigenvalue weighted by atomic mass is 10.2. The normalized spacial score (nSPS) is 12.6. The third kappa shape index (κ3) is 4.50. The van der Waals surface area contributed by atoms with E-state index in [1.807, 2.05) is 0 Å². The van der Waals surface area contributed by atoms with Gasteiger partial charge in [-0.05, 0) is 35.9 Å². The summed E-state index contributed by atoms with van der Waals surface area (Å²) in [6.07, 6.45) is 1.39. The first-order valence-electron chi connectivity index (χ1n) is 7.90. The van der Waals surface area contributed by atoms with E-state index in [4.69, 9.17) is 9.47 Å². The Morgan fingerprint density at radius 1 is 1.12 bits per heavy atom. The Hall–Kier alpha value is -3.55. The fourth-order valence-electron chi connectivity index (χ4n) is 2.27. The third-order valence-corrected chi connectivity index (χ3v) is 3.49. The highest BCUT2D eigenvalue weighted by atomic mass is 16.6. The molecule has 0 aromatic heterocycles. The molecule has 1 aliphatic heterocycles. The number of aromatic hydroxyl groups is 1. The van der Waals surface area contributed by atoms with Crippen LogP contribution in [0.3, 0.4) is 0 Å². The summed E-state index contributed by atoms with van der Waals surface area (Å²) in [5, 5.41) is 15.6. The minimum absolute atomic E-state index is 0.104. The molecule has 3 rings (SSSR count). The number of phenols is 1. The summed E-state index contributed by atoms with van der Waals surface area (Å²) in [6, 6.07) is 11.2. The largest absolute Gasteiger partial charge is 0.508 e. The molecule has 0 saturated heterocycles. The Balaban J connectivity index is 1.49. The highest BCUT2D eigenvalue weighted by Gasteiger charge is 2.15. The minimum atomic E-state index is -0.479. The van der Waals surface area contributed by atoms with Crippen molar-refractivity contribution in [2.45, 2.75) is 0 Å². The van der Waals surface area contributed by atoms with E-state index in [2.05, 4.69) is 15.8 Å². The third-order valence-electron chi connectivity index (χ3n) is 3.49. The van der Waals surface area contributed by atoms with Crippen LogP contribution in [0.25, 0.3) is 0 Å². The molecule has 2 aromatic carbocycles. The van der Waals surface area contributed by atoms with Crippen LogP contribution in [-0.4, -0.2) is 42.9 Å². The number of nitrogens with zero attached hydrogens (tertiary/aromatic N) is 1. The van der Waals surface area contributed by atoms with Crippen LogP contribution in [0.15, 0.2) is 47.6 Å². The van der Waals surface area contributed by atoms with Crippen LogP contribution in [-0.2, 0) is 4.79 Å². The van der Waals surface area contributed by atoms with Crippen LogP contribution in [0.1, 0.15) is 15.9 Å². The molecule has 0 radical (unpaired) electrons. The number of carbonyl (C=O) groups excluding carboxylic acids is 2. The molecule has 0 fully saturated rings. The maximum Gasteiger partial charge on any atom is 0.259 e. The van der Waals surface area contributed by atoms with Crippen LogP contribution in [0.2, 0.25) is 0 Å². The van der Waals surface area contributed by atoms with E-state index in [1.165, 1.54) is 18.3 Å². The van der Waals surface area contributed by atoms with Crippen LogP contribution in [0.5, 0.6) is 17.2 Å². The average Bonchev–Trinajstić information content (AvgIpc) is 2.66. The number of hydrazone groups is 1. The number of fused-ring (bicyclic) bond motifs is 1. The summed E-state index contributed by atoms with van der Waals surface area (Å²) < 4.78 is 10.8. The lowest BCUT2D eigenvalue weighted by molar-refractivity contribution is -0.120. The first kappa shape index (κ1) is 17.3. The van der Waals surface area contributed by atoms with Crippen LogP contribution in [0.4, 0.5) is 0 Å². The van der Waals surface area contributed by atoms with Gasteiger partial charge in [-0.15, -0.1) is 0 Å². The van der Waals surface area contributed by atoms with Gasteiger partial charge in [0.25, 0.3) is 11.8 Å². The van der Waals surface area contributed by atoms with Gasteiger partial charge in [-0.1, -0.05) is 12.1 Å². The molecule has 0 unspecified atom stereocenters. The minimum Gasteiger partial charge on any atom is -0.508 e. The molecule has 8 heteroatoms. The van der Waals surface area contributed by atoms with E-state index in [1.54, 1.807) is 30.3 Å². The Morgan fingerprint density at radius 3 is 2.73 bits per heavy atom. The summed E-state index contributed by atoms with van der Waals surface area (Å²) in [5.41, 5.74) is 3.29. The highest BCUT2D eigenvalue weighted by molar-refractivity contribution is 5.97. The van der Waals surface area contributed by atoms with Crippen molar-refractivity contribution in [3.05, 3.63) is 53.6 Å². The van der Waals surface area contributed by atoms with Gasteiger partial charge in [-0.3, -0.25) is 9.59 Å². The molecule has 1 aliphatic rings. The molecule has 2 amide bonds. The fourth-order valence-corrected chi connectivity index (χ4v) is 2.27. The molecule has 0 bridgehead atoms. The van der Waals surface area contributed by atoms with Crippen molar-refractivity contribution in [3.8, 4) is 17.2 Å². The molecular formula is C18H17N3O5. The molecule has 134 valence electrons. The average molecular weight is 355 g/mol. The van der Waals surface area contributed by atoms with E-state index in [0.29, 0.717) is 35.8 Å². The molecule has 8 nitrogen and oxygen atoms in total. The van der Waals surface area contributed by atoms with Crippen molar-refractivity contribution in [3.63, 3.8) is 0 Å². The molecular weight excluding hydrogens is 338 g/mol. The van der Waals surface area contributed by atoms with E-state index >= 15 is 0 Å². The zero-order valence-electron chi connectivity index (χ0n) is 13.8. The summed E-state index contributed by atoms with van der Waals surface area (Å²) in [6.45, 7) is 0.671. The Morgan fingerprint density at radius 2 is 1.92 bits per heavy atom. The number of carbonyl (C=O) groups is 2. The number of ether oxygens (including phenoxy) is 2. The fraction of sp³-hybridized carbons (Fsp3) is 0.167. The molecule has 1 heterocycles. The van der Waals surface area contributed by atoms with Crippen LogP contribution < -0.4 is 20.2 Å². The van der Waals surface area contributed by atoms with Crippen molar-refractivity contribution in [1.82, 2.24) is 10.7 Å². The smallest absolute Gasteiger partial charge is 0.259 e. The van der Waals surface area contributed by atoms with Gasteiger partial charge in [-0.2, -0.15) is 5.10 Å². The van der Waals surface area contributed by atoms with Gasteiger partial charge >= 0.3 is 0 Å². The van der Waals surface area contributed by atoms with Gasteiger partial charge in [0.15, 0.2) is 11.5 Å². The summed E-state index contributed by atoms with van der Waals surface area (Å²) in [4.78, 5) is 23.8. The first-order chi connectivity index (χ1) is 12.6. The van der Waals surface area contributed by atoms with Gasteiger partial charge in [0.1, 0.15) is 19.0 Å². The molecule has 0 saturated carbocycles. The summed E-state index contributed by atoms with van der Waals surface area (Å²) in [7, 11) is 0. The number of benzene rings is 2. The highest BCUT2D eigenvalue weighted by Crippen LogP contribution is 2.30.